The first-order chi connectivity index (χ1) is 11.5. The maximum Gasteiger partial charge on any atom is 0.325 e. The summed E-state index contributed by atoms with van der Waals surface area (Å²) in [4.78, 5) is 36.6. The average molecular weight is 350 g/mol. The van der Waals surface area contributed by atoms with Crippen molar-refractivity contribution in [1.82, 2.24) is 4.90 Å². The minimum absolute atomic E-state index is 0.0341. The van der Waals surface area contributed by atoms with Crippen molar-refractivity contribution in [1.29, 1.82) is 0 Å². The predicted molar refractivity (Wildman–Crippen MR) is 93.5 cm³/mol. The Balaban J connectivity index is 2.01. The van der Waals surface area contributed by atoms with Gasteiger partial charge in [0.1, 0.15) is 11.9 Å². The summed E-state index contributed by atoms with van der Waals surface area (Å²) in [6.07, 6.45) is 1.78. The Morgan fingerprint density at radius 1 is 1.33 bits per heavy atom. The second-order valence-corrected chi connectivity index (χ2v) is 6.63. The molecular formula is C17H22N2O4S. The van der Waals surface area contributed by atoms with Crippen molar-refractivity contribution in [3.63, 3.8) is 0 Å². The summed E-state index contributed by atoms with van der Waals surface area (Å²) >= 11 is 1.48. The van der Waals surface area contributed by atoms with Crippen LogP contribution in [0, 0.1) is 0 Å². The molecule has 1 saturated heterocycles. The summed E-state index contributed by atoms with van der Waals surface area (Å²) in [6, 6.07) is 7.30. The smallest absolute Gasteiger partial charge is 0.325 e. The van der Waals surface area contributed by atoms with Crippen LogP contribution in [-0.2, 0) is 19.1 Å². The van der Waals surface area contributed by atoms with Crippen molar-refractivity contribution in [3.8, 4) is 0 Å². The molecular weight excluding hydrogens is 328 g/mol. The largest absolute Gasteiger partial charge is 0.464 e. The normalized spacial score (nSPS) is 17.0. The van der Waals surface area contributed by atoms with Crippen molar-refractivity contribution >= 4 is 35.2 Å². The zero-order valence-corrected chi connectivity index (χ0v) is 14.7. The summed E-state index contributed by atoms with van der Waals surface area (Å²) < 4.78 is 5.15. The number of benzene rings is 1. The van der Waals surface area contributed by atoms with Gasteiger partial charge in [0.2, 0.25) is 11.8 Å². The third-order valence-corrected chi connectivity index (χ3v) is 4.80. The van der Waals surface area contributed by atoms with Crippen LogP contribution in [-0.4, -0.2) is 41.6 Å². The van der Waals surface area contributed by atoms with Crippen LogP contribution in [0.2, 0.25) is 0 Å². The molecule has 130 valence electrons. The molecule has 0 saturated carbocycles. The van der Waals surface area contributed by atoms with E-state index in [0.717, 1.165) is 18.4 Å². The number of rotatable bonds is 7. The number of anilines is 1. The van der Waals surface area contributed by atoms with Gasteiger partial charge in [0.05, 0.1) is 12.4 Å². The Morgan fingerprint density at radius 2 is 2.04 bits per heavy atom. The van der Waals surface area contributed by atoms with Gasteiger partial charge in [-0.05, 0) is 24.1 Å². The van der Waals surface area contributed by atoms with Crippen LogP contribution in [0.1, 0.15) is 37.6 Å². The number of thioether (sulfide) groups is 1. The molecule has 0 bridgehead atoms. The Morgan fingerprint density at radius 3 is 2.67 bits per heavy atom. The van der Waals surface area contributed by atoms with E-state index in [0.29, 0.717) is 18.0 Å². The standard InChI is InChI=1S/C17H22N2O4S/c1-3-4-9-23-16(22)10-19-15(21)11-24-17(19)13-5-7-14(8-6-13)18-12(2)20/h5-8,17H,3-4,9-11H2,1-2H3,(H,18,20). The lowest BCUT2D eigenvalue weighted by molar-refractivity contribution is -0.148. The fourth-order valence-electron chi connectivity index (χ4n) is 2.35. The minimum atomic E-state index is -0.376. The first kappa shape index (κ1) is 18.3. The Kier molecular flexibility index (Phi) is 6.66. The summed E-state index contributed by atoms with van der Waals surface area (Å²) in [5.74, 6) is -0.229. The number of carbonyl (C=O) groups is 3. The zero-order valence-electron chi connectivity index (χ0n) is 13.9. The Labute approximate surface area is 145 Å². The number of hydrogen-bond acceptors (Lipinski definition) is 5. The molecule has 1 aromatic carbocycles. The predicted octanol–water partition coefficient (Wildman–Crippen LogP) is 2.56. The van der Waals surface area contributed by atoms with E-state index in [1.165, 1.54) is 18.7 Å². The van der Waals surface area contributed by atoms with E-state index in [2.05, 4.69) is 5.32 Å². The molecule has 1 unspecified atom stereocenters. The number of unbranched alkanes of at least 4 members (excludes halogenated alkanes) is 1. The molecule has 24 heavy (non-hydrogen) atoms. The van der Waals surface area contributed by atoms with Crippen LogP contribution in [0.4, 0.5) is 5.69 Å². The van der Waals surface area contributed by atoms with E-state index in [4.69, 9.17) is 4.74 Å². The van der Waals surface area contributed by atoms with Gasteiger partial charge >= 0.3 is 5.97 Å². The summed E-state index contributed by atoms with van der Waals surface area (Å²) in [5, 5.41) is 2.50. The van der Waals surface area contributed by atoms with Gasteiger partial charge < -0.3 is 15.0 Å². The molecule has 1 fully saturated rings. The van der Waals surface area contributed by atoms with Gasteiger partial charge in [-0.15, -0.1) is 11.8 Å². The van der Waals surface area contributed by atoms with Gasteiger partial charge in [-0.1, -0.05) is 25.5 Å². The minimum Gasteiger partial charge on any atom is -0.464 e. The third kappa shape index (κ3) is 4.99. The van der Waals surface area contributed by atoms with Gasteiger partial charge in [0, 0.05) is 12.6 Å². The molecule has 0 aromatic heterocycles. The van der Waals surface area contributed by atoms with Crippen LogP contribution < -0.4 is 5.32 Å². The number of nitrogens with one attached hydrogen (secondary N) is 1. The lowest BCUT2D eigenvalue weighted by Gasteiger charge is -2.23. The monoisotopic (exact) mass is 350 g/mol. The fourth-order valence-corrected chi connectivity index (χ4v) is 3.54. The highest BCUT2D eigenvalue weighted by molar-refractivity contribution is 8.00. The number of ether oxygens (including phenoxy) is 1. The van der Waals surface area contributed by atoms with E-state index in [1.807, 2.05) is 19.1 Å². The van der Waals surface area contributed by atoms with Crippen LogP contribution in [0.5, 0.6) is 0 Å². The molecule has 1 aromatic rings. The fraction of sp³-hybridized carbons (Fsp3) is 0.471. The molecule has 6 nitrogen and oxygen atoms in total. The molecule has 0 aliphatic carbocycles. The van der Waals surface area contributed by atoms with E-state index in [1.54, 1.807) is 17.0 Å². The van der Waals surface area contributed by atoms with Crippen LogP contribution in [0.15, 0.2) is 24.3 Å². The number of esters is 1. The number of carbonyl (C=O) groups excluding carboxylic acids is 3. The summed E-state index contributed by atoms with van der Waals surface area (Å²) in [5.41, 5.74) is 1.62. The highest BCUT2D eigenvalue weighted by atomic mass is 32.2. The molecule has 1 atom stereocenters. The van der Waals surface area contributed by atoms with Gasteiger partial charge in [-0.25, -0.2) is 0 Å². The first-order valence-electron chi connectivity index (χ1n) is 7.95. The average Bonchev–Trinajstić information content (AvgIpc) is 2.89. The molecule has 1 heterocycles. The molecule has 7 heteroatoms. The van der Waals surface area contributed by atoms with Crippen molar-refractivity contribution in [2.24, 2.45) is 0 Å². The van der Waals surface area contributed by atoms with Gasteiger partial charge in [0.15, 0.2) is 0 Å². The summed E-state index contributed by atoms with van der Waals surface area (Å²) in [6.45, 7) is 3.83. The lowest BCUT2D eigenvalue weighted by atomic mass is 10.2. The number of hydrogen-bond donors (Lipinski definition) is 1. The highest BCUT2D eigenvalue weighted by Crippen LogP contribution is 2.38. The quantitative estimate of drug-likeness (QED) is 0.604. The van der Waals surface area contributed by atoms with Gasteiger partial charge in [-0.2, -0.15) is 0 Å². The molecule has 1 N–H and O–H groups in total. The van der Waals surface area contributed by atoms with Gasteiger partial charge in [0.25, 0.3) is 0 Å². The Hall–Kier alpha value is -2.02. The van der Waals surface area contributed by atoms with Gasteiger partial charge in [-0.3, -0.25) is 14.4 Å². The maximum atomic E-state index is 12.1. The molecule has 1 aliphatic rings. The van der Waals surface area contributed by atoms with Crippen molar-refractivity contribution < 1.29 is 19.1 Å². The van der Waals surface area contributed by atoms with E-state index >= 15 is 0 Å². The molecule has 2 amide bonds. The molecule has 0 radical (unpaired) electrons. The molecule has 1 aliphatic heterocycles. The van der Waals surface area contributed by atoms with Crippen LogP contribution in [0.3, 0.4) is 0 Å². The topological polar surface area (TPSA) is 75.7 Å². The van der Waals surface area contributed by atoms with E-state index in [-0.39, 0.29) is 29.7 Å². The van der Waals surface area contributed by atoms with E-state index in [9.17, 15) is 14.4 Å². The second-order valence-electron chi connectivity index (χ2n) is 5.56. The van der Waals surface area contributed by atoms with Crippen molar-refractivity contribution in [3.05, 3.63) is 29.8 Å². The van der Waals surface area contributed by atoms with E-state index < -0.39 is 0 Å². The molecule has 2 rings (SSSR count). The first-order valence-corrected chi connectivity index (χ1v) is 9.00. The summed E-state index contributed by atoms with van der Waals surface area (Å²) in [7, 11) is 0. The molecule has 0 spiro atoms. The third-order valence-electron chi connectivity index (χ3n) is 3.54. The highest BCUT2D eigenvalue weighted by Gasteiger charge is 2.34. The zero-order chi connectivity index (χ0) is 17.5. The SMILES string of the molecule is CCCCOC(=O)CN1C(=O)CSC1c1ccc(NC(C)=O)cc1. The van der Waals surface area contributed by atoms with Crippen LogP contribution >= 0.6 is 11.8 Å². The van der Waals surface area contributed by atoms with Crippen molar-refractivity contribution in [2.75, 3.05) is 24.2 Å². The van der Waals surface area contributed by atoms with Crippen molar-refractivity contribution in [2.45, 2.75) is 32.1 Å². The second kappa shape index (κ2) is 8.73. The lowest BCUT2D eigenvalue weighted by Crippen LogP contribution is -2.34. The van der Waals surface area contributed by atoms with Crippen LogP contribution in [0.25, 0.3) is 0 Å². The maximum absolute atomic E-state index is 12.1. The number of nitrogens with zero attached hydrogens (tertiary/aromatic N) is 1. The Bertz CT molecular complexity index is 603. The number of amides is 2.